The topological polar surface area (TPSA) is 42.4 Å². The highest BCUT2D eigenvalue weighted by atomic mass is 79.9. The van der Waals surface area contributed by atoms with E-state index in [-0.39, 0.29) is 0 Å². The number of anilines is 1. The highest BCUT2D eigenvalue weighted by molar-refractivity contribution is 9.10. The summed E-state index contributed by atoms with van der Waals surface area (Å²) in [6, 6.07) is 0. The van der Waals surface area contributed by atoms with E-state index in [4.69, 9.17) is 4.74 Å². The minimum Gasteiger partial charge on any atom is -0.443 e. The summed E-state index contributed by atoms with van der Waals surface area (Å²) < 4.78 is 6.28. The highest BCUT2D eigenvalue weighted by Gasteiger charge is 2.26. The average Bonchev–Trinajstić information content (AvgIpc) is 2.37. The van der Waals surface area contributed by atoms with E-state index in [2.05, 4.69) is 34.1 Å². The zero-order valence-electron chi connectivity index (χ0n) is 12.9. The molecule has 0 spiro atoms. The smallest absolute Gasteiger partial charge is 0.415 e. The largest absolute Gasteiger partial charge is 0.443 e. The lowest BCUT2D eigenvalue weighted by Gasteiger charge is -2.28. The van der Waals surface area contributed by atoms with Crippen LogP contribution in [0.4, 0.5) is 10.5 Å². The lowest BCUT2D eigenvalue weighted by atomic mass is 10.1. The molecule has 5 heteroatoms. The van der Waals surface area contributed by atoms with E-state index in [9.17, 15) is 4.79 Å². The van der Waals surface area contributed by atoms with Crippen molar-refractivity contribution in [2.45, 2.75) is 33.3 Å². The summed E-state index contributed by atoms with van der Waals surface area (Å²) in [5.74, 6) is 0. The van der Waals surface area contributed by atoms with Crippen molar-refractivity contribution in [3.63, 3.8) is 0 Å². The molecule has 0 saturated heterocycles. The van der Waals surface area contributed by atoms with Crippen molar-refractivity contribution in [1.82, 2.24) is 4.98 Å². The Bertz CT molecular complexity index is 562. The normalized spacial score (nSPS) is 10.9. The van der Waals surface area contributed by atoms with Gasteiger partial charge in [0.2, 0.25) is 0 Å². The monoisotopic (exact) mass is 352 g/mol. The quantitative estimate of drug-likeness (QED) is 0.736. The fourth-order valence-corrected chi connectivity index (χ4v) is 2.07. The molecule has 1 aromatic heterocycles. The molecule has 0 bridgehead atoms. The van der Waals surface area contributed by atoms with E-state index in [1.807, 2.05) is 27.7 Å². The van der Waals surface area contributed by atoms with E-state index < -0.39 is 11.7 Å². The maximum atomic E-state index is 12.5. The number of rotatable bonds is 4. The van der Waals surface area contributed by atoms with Gasteiger partial charge in [-0.3, -0.25) is 9.88 Å². The molecule has 0 radical (unpaired) electrons. The van der Waals surface area contributed by atoms with E-state index in [0.29, 0.717) is 17.9 Å². The van der Waals surface area contributed by atoms with Crippen LogP contribution in [-0.4, -0.2) is 23.2 Å². The second-order valence-electron chi connectivity index (χ2n) is 5.55. The fourth-order valence-electron chi connectivity index (χ4n) is 1.78. The molecule has 0 fully saturated rings. The van der Waals surface area contributed by atoms with E-state index >= 15 is 0 Å². The molecule has 0 atom stereocenters. The predicted molar refractivity (Wildman–Crippen MR) is 90.5 cm³/mol. The Kier molecular flexibility index (Phi) is 5.72. The van der Waals surface area contributed by atoms with Crippen LogP contribution in [0.25, 0.3) is 6.08 Å². The summed E-state index contributed by atoms with van der Waals surface area (Å²) >= 11 is 3.44. The van der Waals surface area contributed by atoms with Gasteiger partial charge in [0.15, 0.2) is 0 Å². The van der Waals surface area contributed by atoms with Crippen molar-refractivity contribution in [2.75, 3.05) is 11.4 Å². The van der Waals surface area contributed by atoms with E-state index in [1.165, 1.54) is 4.90 Å². The molecule has 0 aliphatic heterocycles. The van der Waals surface area contributed by atoms with Crippen LogP contribution >= 0.6 is 15.9 Å². The third-order valence-electron chi connectivity index (χ3n) is 2.66. The van der Waals surface area contributed by atoms with Gasteiger partial charge in [-0.1, -0.05) is 12.7 Å². The van der Waals surface area contributed by atoms with Gasteiger partial charge in [0.05, 0.1) is 11.4 Å². The number of amides is 1. The first-order valence-corrected chi connectivity index (χ1v) is 7.39. The van der Waals surface area contributed by atoms with Crippen molar-refractivity contribution in [1.29, 1.82) is 0 Å². The van der Waals surface area contributed by atoms with Crippen LogP contribution in [0.1, 0.15) is 32.0 Å². The third kappa shape index (κ3) is 4.43. The van der Waals surface area contributed by atoms with Gasteiger partial charge >= 0.3 is 6.09 Å². The molecule has 0 aliphatic rings. The Balaban J connectivity index is 3.35. The zero-order chi connectivity index (χ0) is 16.2. The first kappa shape index (κ1) is 17.4. The Morgan fingerprint density at radius 3 is 2.57 bits per heavy atom. The number of aromatic nitrogens is 1. The van der Waals surface area contributed by atoms with Crippen molar-refractivity contribution in [3.05, 3.63) is 41.2 Å². The SMILES string of the molecule is C=CCN(C(=O)OC(C)(C)C)c1c(C=C)ncc(Br)c1C. The van der Waals surface area contributed by atoms with Crippen molar-refractivity contribution >= 4 is 33.8 Å². The fraction of sp³-hybridized carbons (Fsp3) is 0.375. The molecule has 0 N–H and O–H groups in total. The number of pyridine rings is 1. The standard InChI is InChI=1S/C16H21BrN2O2/c1-7-9-19(15(20)21-16(4,5)6)14-11(3)12(17)10-18-13(14)8-2/h7-8,10H,1-2,9H2,3-6H3. The van der Waals surface area contributed by atoms with Crippen LogP contribution in [-0.2, 0) is 4.74 Å². The second-order valence-corrected chi connectivity index (χ2v) is 6.40. The maximum absolute atomic E-state index is 12.5. The number of nitrogens with zero attached hydrogens (tertiary/aromatic N) is 2. The molecular formula is C16H21BrN2O2. The lowest BCUT2D eigenvalue weighted by molar-refractivity contribution is 0.0584. The molecular weight excluding hydrogens is 332 g/mol. The van der Waals surface area contributed by atoms with Gasteiger partial charge in [-0.25, -0.2) is 4.79 Å². The number of halogens is 1. The number of hydrogen-bond acceptors (Lipinski definition) is 3. The summed E-state index contributed by atoms with van der Waals surface area (Å²) in [7, 11) is 0. The van der Waals surface area contributed by atoms with Crippen LogP contribution in [0.3, 0.4) is 0 Å². The van der Waals surface area contributed by atoms with Gasteiger partial charge in [0.1, 0.15) is 5.60 Å². The second kappa shape index (κ2) is 6.89. The molecule has 1 rings (SSSR count). The van der Waals surface area contributed by atoms with Crippen molar-refractivity contribution < 1.29 is 9.53 Å². The van der Waals surface area contributed by atoms with Crippen LogP contribution < -0.4 is 4.90 Å². The molecule has 0 saturated carbocycles. The minimum absolute atomic E-state index is 0.328. The van der Waals surface area contributed by atoms with Crippen LogP contribution in [0.15, 0.2) is 29.9 Å². The molecule has 0 aliphatic carbocycles. The summed E-state index contributed by atoms with van der Waals surface area (Å²) in [4.78, 5) is 18.3. The molecule has 21 heavy (non-hydrogen) atoms. The summed E-state index contributed by atoms with van der Waals surface area (Å²) in [6.07, 6.45) is 4.53. The Labute approximate surface area is 134 Å². The molecule has 0 unspecified atom stereocenters. The number of carbonyl (C=O) groups is 1. The Morgan fingerprint density at radius 2 is 2.10 bits per heavy atom. The molecule has 1 aromatic rings. The van der Waals surface area contributed by atoms with Gasteiger partial charge in [0, 0.05) is 17.2 Å². The van der Waals surface area contributed by atoms with Gasteiger partial charge in [-0.15, -0.1) is 6.58 Å². The molecule has 114 valence electrons. The molecule has 1 heterocycles. The first-order valence-electron chi connectivity index (χ1n) is 6.60. The van der Waals surface area contributed by atoms with Gasteiger partial charge < -0.3 is 4.74 Å². The summed E-state index contributed by atoms with van der Waals surface area (Å²) in [6.45, 7) is 15.2. The van der Waals surface area contributed by atoms with Crippen LogP contribution in [0, 0.1) is 6.92 Å². The number of hydrogen-bond donors (Lipinski definition) is 0. The highest BCUT2D eigenvalue weighted by Crippen LogP contribution is 2.31. The molecule has 4 nitrogen and oxygen atoms in total. The molecule has 0 aromatic carbocycles. The lowest BCUT2D eigenvalue weighted by Crippen LogP contribution is -2.38. The molecule has 1 amide bonds. The van der Waals surface area contributed by atoms with Crippen molar-refractivity contribution in [2.24, 2.45) is 0 Å². The average molecular weight is 353 g/mol. The van der Waals surface area contributed by atoms with Crippen LogP contribution in [0.5, 0.6) is 0 Å². The zero-order valence-corrected chi connectivity index (χ0v) is 14.5. The number of ether oxygens (including phenoxy) is 1. The summed E-state index contributed by atoms with van der Waals surface area (Å²) in [5, 5.41) is 0. The van der Waals surface area contributed by atoms with Gasteiger partial charge in [-0.05, 0) is 55.3 Å². The number of carbonyl (C=O) groups excluding carboxylic acids is 1. The Hall–Kier alpha value is -1.62. The van der Waals surface area contributed by atoms with Crippen LogP contribution in [0.2, 0.25) is 0 Å². The van der Waals surface area contributed by atoms with E-state index in [1.54, 1.807) is 18.3 Å². The third-order valence-corrected chi connectivity index (χ3v) is 3.46. The predicted octanol–water partition coefficient (Wildman–Crippen LogP) is 4.72. The summed E-state index contributed by atoms with van der Waals surface area (Å²) in [5.41, 5.74) is 1.63. The first-order chi connectivity index (χ1) is 9.71. The van der Waals surface area contributed by atoms with E-state index in [0.717, 1.165) is 10.0 Å². The van der Waals surface area contributed by atoms with Gasteiger partial charge in [-0.2, -0.15) is 0 Å². The van der Waals surface area contributed by atoms with Gasteiger partial charge in [0.25, 0.3) is 0 Å². The Morgan fingerprint density at radius 1 is 1.48 bits per heavy atom. The minimum atomic E-state index is -0.571. The van der Waals surface area contributed by atoms with Crippen molar-refractivity contribution in [3.8, 4) is 0 Å². The maximum Gasteiger partial charge on any atom is 0.415 e.